The molecule has 5 nitrogen and oxygen atoms in total. The number of carbonyl (C=O) groups is 1. The zero-order chi connectivity index (χ0) is 14.4. The average molecular weight is 273 g/mol. The van der Waals surface area contributed by atoms with Gasteiger partial charge in [-0.2, -0.15) is 0 Å². The van der Waals surface area contributed by atoms with Gasteiger partial charge < -0.3 is 15.4 Å². The maximum absolute atomic E-state index is 12.3. The molecule has 0 radical (unpaired) electrons. The van der Waals surface area contributed by atoms with E-state index in [1.165, 1.54) is 0 Å². The van der Waals surface area contributed by atoms with Crippen LogP contribution in [0, 0.1) is 0 Å². The number of methoxy groups -OCH3 is 1. The zero-order valence-corrected chi connectivity index (χ0v) is 11.8. The van der Waals surface area contributed by atoms with Gasteiger partial charge in [-0.15, -0.1) is 0 Å². The summed E-state index contributed by atoms with van der Waals surface area (Å²) in [7, 11) is 3.44. The summed E-state index contributed by atoms with van der Waals surface area (Å²) in [6.45, 7) is 1.23. The number of carbonyl (C=O) groups excluding carboxylic acids is 1. The molecule has 1 aromatic heterocycles. The van der Waals surface area contributed by atoms with Gasteiger partial charge in [0.25, 0.3) is 5.91 Å². The Labute approximate surface area is 118 Å². The molecule has 0 saturated heterocycles. The number of hydrogen-bond donors (Lipinski definition) is 2. The first kappa shape index (κ1) is 14.3. The first-order chi connectivity index (χ1) is 9.76. The predicted octanol–water partition coefficient (Wildman–Crippen LogP) is 2.04. The minimum atomic E-state index is -0.0868. The molecule has 0 aliphatic carbocycles. The van der Waals surface area contributed by atoms with Crippen LogP contribution < -0.4 is 10.6 Å². The molecule has 2 aromatic rings. The van der Waals surface area contributed by atoms with Crippen molar-refractivity contribution in [1.29, 1.82) is 0 Å². The maximum Gasteiger partial charge on any atom is 0.252 e. The smallest absolute Gasteiger partial charge is 0.252 e. The maximum atomic E-state index is 12.3. The van der Waals surface area contributed by atoms with Crippen LogP contribution in [-0.4, -0.2) is 38.2 Å². The largest absolute Gasteiger partial charge is 0.385 e. The Balaban J connectivity index is 2.25. The van der Waals surface area contributed by atoms with Crippen molar-refractivity contribution in [2.75, 3.05) is 32.6 Å². The molecule has 0 fully saturated rings. The molecule has 1 heterocycles. The van der Waals surface area contributed by atoms with Gasteiger partial charge in [0.2, 0.25) is 0 Å². The van der Waals surface area contributed by atoms with Gasteiger partial charge in [0.1, 0.15) is 5.82 Å². The van der Waals surface area contributed by atoms with Gasteiger partial charge in [-0.25, -0.2) is 4.98 Å². The fraction of sp³-hybridized carbons (Fsp3) is 0.333. The van der Waals surface area contributed by atoms with Gasteiger partial charge in [-0.3, -0.25) is 4.79 Å². The Morgan fingerprint density at radius 3 is 2.90 bits per heavy atom. The summed E-state index contributed by atoms with van der Waals surface area (Å²) >= 11 is 0. The number of rotatable bonds is 6. The Morgan fingerprint density at radius 2 is 2.15 bits per heavy atom. The minimum absolute atomic E-state index is 0.0868. The molecular weight excluding hydrogens is 254 g/mol. The van der Waals surface area contributed by atoms with Crippen molar-refractivity contribution in [1.82, 2.24) is 10.3 Å². The number of amides is 1. The Bertz CT molecular complexity index is 599. The lowest BCUT2D eigenvalue weighted by atomic mass is 10.1. The van der Waals surface area contributed by atoms with Crippen LogP contribution in [0.25, 0.3) is 10.9 Å². The highest BCUT2D eigenvalue weighted by atomic mass is 16.5. The molecule has 0 saturated carbocycles. The highest BCUT2D eigenvalue weighted by Gasteiger charge is 2.11. The highest BCUT2D eigenvalue weighted by molar-refractivity contribution is 6.06. The Morgan fingerprint density at radius 1 is 1.35 bits per heavy atom. The standard InChI is InChI=1S/C15H19N3O2/c1-16-14-10-12(15(19)17-8-5-9-20-2)11-6-3-4-7-13(11)18-14/h3-4,6-7,10H,5,8-9H2,1-2H3,(H,16,18)(H,17,19). The summed E-state index contributed by atoms with van der Waals surface area (Å²) in [4.78, 5) is 16.7. The van der Waals surface area contributed by atoms with Crippen LogP contribution >= 0.6 is 0 Å². The summed E-state index contributed by atoms with van der Waals surface area (Å²) in [5.74, 6) is 0.599. The number of pyridine rings is 1. The molecule has 1 amide bonds. The van der Waals surface area contributed by atoms with Crippen molar-refractivity contribution in [3.8, 4) is 0 Å². The van der Waals surface area contributed by atoms with Gasteiger partial charge in [0, 0.05) is 32.7 Å². The third-order valence-corrected chi connectivity index (χ3v) is 3.03. The van der Waals surface area contributed by atoms with Gasteiger partial charge in [0.15, 0.2) is 0 Å². The Hall–Kier alpha value is -2.14. The number of fused-ring (bicyclic) bond motifs is 1. The van der Waals surface area contributed by atoms with E-state index in [1.807, 2.05) is 24.3 Å². The molecule has 0 aliphatic rings. The molecule has 1 aromatic carbocycles. The fourth-order valence-corrected chi connectivity index (χ4v) is 2.00. The summed E-state index contributed by atoms with van der Waals surface area (Å²) in [6, 6.07) is 9.40. The topological polar surface area (TPSA) is 63.2 Å². The molecule has 0 atom stereocenters. The molecule has 0 spiro atoms. The lowest BCUT2D eigenvalue weighted by Gasteiger charge is -2.10. The number of nitrogens with zero attached hydrogens (tertiary/aromatic N) is 1. The molecule has 2 N–H and O–H groups in total. The second kappa shape index (κ2) is 6.86. The zero-order valence-electron chi connectivity index (χ0n) is 11.8. The summed E-state index contributed by atoms with van der Waals surface area (Å²) in [5, 5.41) is 6.74. The van der Waals surface area contributed by atoms with Crippen LogP contribution in [0.3, 0.4) is 0 Å². The SMILES string of the molecule is CNc1cc(C(=O)NCCCOC)c2ccccc2n1. The quantitative estimate of drug-likeness (QED) is 0.791. The average Bonchev–Trinajstić information content (AvgIpc) is 2.50. The summed E-state index contributed by atoms with van der Waals surface area (Å²) < 4.78 is 4.96. The monoisotopic (exact) mass is 273 g/mol. The van der Waals surface area contributed by atoms with Crippen molar-refractivity contribution in [2.45, 2.75) is 6.42 Å². The molecule has 2 rings (SSSR count). The third-order valence-electron chi connectivity index (χ3n) is 3.03. The van der Waals surface area contributed by atoms with E-state index < -0.39 is 0 Å². The molecule has 0 aliphatic heterocycles. The van der Waals surface area contributed by atoms with E-state index in [2.05, 4.69) is 15.6 Å². The van der Waals surface area contributed by atoms with E-state index in [9.17, 15) is 4.79 Å². The van der Waals surface area contributed by atoms with Gasteiger partial charge >= 0.3 is 0 Å². The molecule has 0 unspecified atom stereocenters. The van der Waals surface area contributed by atoms with Crippen molar-refractivity contribution >= 4 is 22.6 Å². The summed E-state index contributed by atoms with van der Waals surface area (Å²) in [5.41, 5.74) is 1.44. The van der Waals surface area contributed by atoms with E-state index in [1.54, 1.807) is 20.2 Å². The number of aromatic nitrogens is 1. The van der Waals surface area contributed by atoms with Crippen LogP contribution in [0.1, 0.15) is 16.8 Å². The molecule has 20 heavy (non-hydrogen) atoms. The van der Waals surface area contributed by atoms with Gasteiger partial charge in [-0.1, -0.05) is 18.2 Å². The molecule has 106 valence electrons. The van der Waals surface area contributed by atoms with Crippen molar-refractivity contribution in [3.05, 3.63) is 35.9 Å². The minimum Gasteiger partial charge on any atom is -0.385 e. The Kier molecular flexibility index (Phi) is 4.90. The predicted molar refractivity (Wildman–Crippen MR) is 80.1 cm³/mol. The first-order valence-electron chi connectivity index (χ1n) is 6.61. The number of hydrogen-bond acceptors (Lipinski definition) is 4. The van der Waals surface area contributed by atoms with E-state index in [0.717, 1.165) is 17.3 Å². The number of anilines is 1. The highest BCUT2D eigenvalue weighted by Crippen LogP contribution is 2.20. The number of nitrogens with one attached hydrogen (secondary N) is 2. The van der Waals surface area contributed by atoms with Gasteiger partial charge in [0.05, 0.1) is 11.1 Å². The molecule has 5 heteroatoms. The third kappa shape index (κ3) is 3.24. The number of benzene rings is 1. The van der Waals surface area contributed by atoms with Gasteiger partial charge in [-0.05, 0) is 18.6 Å². The number of ether oxygens (including phenoxy) is 1. The van der Waals surface area contributed by atoms with Crippen LogP contribution in [0.15, 0.2) is 30.3 Å². The van der Waals surface area contributed by atoms with Crippen molar-refractivity contribution in [2.24, 2.45) is 0 Å². The lowest BCUT2D eigenvalue weighted by Crippen LogP contribution is -2.25. The second-order valence-corrected chi connectivity index (χ2v) is 4.42. The van der Waals surface area contributed by atoms with Crippen LogP contribution in [-0.2, 0) is 4.74 Å². The van der Waals surface area contributed by atoms with Crippen molar-refractivity contribution in [3.63, 3.8) is 0 Å². The van der Waals surface area contributed by atoms with E-state index in [4.69, 9.17) is 4.74 Å². The van der Waals surface area contributed by atoms with Crippen LogP contribution in [0.5, 0.6) is 0 Å². The summed E-state index contributed by atoms with van der Waals surface area (Å²) in [6.07, 6.45) is 0.796. The van der Waals surface area contributed by atoms with E-state index >= 15 is 0 Å². The normalized spacial score (nSPS) is 10.5. The van der Waals surface area contributed by atoms with Crippen molar-refractivity contribution < 1.29 is 9.53 Å². The lowest BCUT2D eigenvalue weighted by molar-refractivity contribution is 0.0950. The van der Waals surface area contributed by atoms with E-state index in [-0.39, 0.29) is 5.91 Å². The van der Waals surface area contributed by atoms with Crippen LogP contribution in [0.2, 0.25) is 0 Å². The first-order valence-corrected chi connectivity index (χ1v) is 6.61. The van der Waals surface area contributed by atoms with Crippen LogP contribution in [0.4, 0.5) is 5.82 Å². The molecule has 0 bridgehead atoms. The molecular formula is C15H19N3O2. The van der Waals surface area contributed by atoms with E-state index in [0.29, 0.717) is 24.5 Å². The second-order valence-electron chi connectivity index (χ2n) is 4.42. The number of para-hydroxylation sites is 1. The fourth-order valence-electron chi connectivity index (χ4n) is 2.00.